The van der Waals surface area contributed by atoms with Gasteiger partial charge in [-0.15, -0.1) is 0 Å². The number of benzene rings is 4. The van der Waals surface area contributed by atoms with E-state index in [1.165, 1.54) is 39.2 Å². The zero-order chi connectivity index (χ0) is 21.0. The van der Waals surface area contributed by atoms with Gasteiger partial charge in [0.15, 0.2) is 0 Å². The van der Waals surface area contributed by atoms with Crippen LogP contribution in [0.1, 0.15) is 5.56 Å². The number of aryl methyl sites for hydroxylation is 1. The number of hydrogen-bond donors (Lipinski definition) is 0. The molecule has 0 unspecified atom stereocenters. The number of rotatable bonds is 4. The Bertz CT molecular complexity index is 1230. The van der Waals surface area contributed by atoms with Crippen LogP contribution in [0.15, 0.2) is 127 Å². The van der Waals surface area contributed by atoms with Crippen LogP contribution >= 0.6 is 0 Å². The monoisotopic (exact) mass is 398 g/mol. The van der Waals surface area contributed by atoms with Crippen molar-refractivity contribution in [3.8, 4) is 39.3 Å². The first-order valence-electron chi connectivity index (χ1n) is 10.6. The van der Waals surface area contributed by atoms with Crippen LogP contribution in [-0.2, 0) is 0 Å². The van der Waals surface area contributed by atoms with E-state index in [4.69, 9.17) is 0 Å². The number of nitrogens with zero attached hydrogens (tertiary/aromatic N) is 1. The van der Waals surface area contributed by atoms with Crippen molar-refractivity contribution in [1.29, 1.82) is 0 Å². The van der Waals surface area contributed by atoms with Crippen LogP contribution in [-0.4, -0.2) is 0 Å². The van der Waals surface area contributed by atoms with Gasteiger partial charge in [0.05, 0.1) is 0 Å². The summed E-state index contributed by atoms with van der Waals surface area (Å²) < 4.78 is 2.37. The topological polar surface area (TPSA) is 3.88 Å². The van der Waals surface area contributed by atoms with Crippen molar-refractivity contribution in [2.24, 2.45) is 0 Å². The Morgan fingerprint density at radius 1 is 0.419 bits per heavy atom. The van der Waals surface area contributed by atoms with E-state index in [0.717, 1.165) is 5.69 Å². The van der Waals surface area contributed by atoms with Crippen LogP contribution in [0.2, 0.25) is 0 Å². The minimum Gasteiger partial charge on any atom is -0.153 e. The van der Waals surface area contributed by atoms with E-state index in [0.29, 0.717) is 0 Å². The molecule has 1 aromatic heterocycles. The fourth-order valence-corrected chi connectivity index (χ4v) is 4.01. The van der Waals surface area contributed by atoms with Gasteiger partial charge in [-0.3, -0.25) is 0 Å². The first kappa shape index (κ1) is 19.0. The van der Waals surface area contributed by atoms with Gasteiger partial charge in [-0.2, -0.15) is 4.57 Å². The van der Waals surface area contributed by atoms with E-state index in [2.05, 4.69) is 139 Å². The van der Waals surface area contributed by atoms with Gasteiger partial charge in [0.1, 0.15) is 0 Å². The molecule has 1 heterocycles. The average molecular weight is 399 g/mol. The molecule has 0 fully saturated rings. The van der Waals surface area contributed by atoms with Crippen molar-refractivity contribution >= 4 is 0 Å². The Labute approximate surface area is 183 Å². The van der Waals surface area contributed by atoms with Crippen molar-refractivity contribution < 1.29 is 4.57 Å². The smallest absolute Gasteiger partial charge is 0.153 e. The predicted octanol–water partition coefficient (Wildman–Crippen LogP) is 7.27. The molecule has 1 heteroatoms. The summed E-state index contributed by atoms with van der Waals surface area (Å²) in [5, 5.41) is 0. The molecule has 1 nitrogen and oxygen atoms in total. The quantitative estimate of drug-likeness (QED) is 0.280. The van der Waals surface area contributed by atoms with Gasteiger partial charge >= 0.3 is 0 Å². The van der Waals surface area contributed by atoms with E-state index in [9.17, 15) is 0 Å². The third-order valence-corrected chi connectivity index (χ3v) is 5.60. The zero-order valence-electron chi connectivity index (χ0n) is 17.6. The van der Waals surface area contributed by atoms with Crippen molar-refractivity contribution in [1.82, 2.24) is 0 Å². The molecule has 0 saturated heterocycles. The molecular formula is C30H24N+. The van der Waals surface area contributed by atoms with Gasteiger partial charge in [0.25, 0.3) is 0 Å². The van der Waals surface area contributed by atoms with E-state index < -0.39 is 0 Å². The molecule has 0 atom stereocenters. The Hall–Kier alpha value is -3.97. The van der Waals surface area contributed by atoms with E-state index in [-0.39, 0.29) is 0 Å². The fourth-order valence-electron chi connectivity index (χ4n) is 4.01. The van der Waals surface area contributed by atoms with Gasteiger partial charge in [-0.1, -0.05) is 84.4 Å². The highest BCUT2D eigenvalue weighted by Gasteiger charge is 2.24. The molecule has 0 aliphatic rings. The lowest BCUT2D eigenvalue weighted by atomic mass is 9.98. The van der Waals surface area contributed by atoms with Crippen LogP contribution in [0.25, 0.3) is 39.3 Å². The van der Waals surface area contributed by atoms with Crippen LogP contribution in [0.4, 0.5) is 0 Å². The maximum absolute atomic E-state index is 2.37. The molecule has 0 spiro atoms. The molecule has 0 N–H and O–H groups in total. The van der Waals surface area contributed by atoms with E-state index >= 15 is 0 Å². The van der Waals surface area contributed by atoms with Gasteiger partial charge in [-0.05, 0) is 42.3 Å². The Morgan fingerprint density at radius 3 is 1.29 bits per heavy atom. The largest absolute Gasteiger partial charge is 0.219 e. The highest BCUT2D eigenvalue weighted by molar-refractivity contribution is 5.74. The van der Waals surface area contributed by atoms with Crippen LogP contribution in [0.3, 0.4) is 0 Å². The molecular weight excluding hydrogens is 374 g/mol. The molecule has 0 aliphatic heterocycles. The lowest BCUT2D eigenvalue weighted by Gasteiger charge is -2.12. The molecule has 0 radical (unpaired) electrons. The molecule has 0 aliphatic carbocycles. The zero-order valence-corrected chi connectivity index (χ0v) is 17.6. The Kier molecular flexibility index (Phi) is 5.16. The molecule has 5 rings (SSSR count). The summed E-state index contributed by atoms with van der Waals surface area (Å²) >= 11 is 0. The van der Waals surface area contributed by atoms with Gasteiger partial charge in [-0.25, -0.2) is 0 Å². The van der Waals surface area contributed by atoms with Crippen LogP contribution < -0.4 is 4.57 Å². The highest BCUT2D eigenvalue weighted by atomic mass is 15.0. The first-order chi connectivity index (χ1) is 15.3. The summed E-state index contributed by atoms with van der Waals surface area (Å²) in [6.07, 6.45) is 0. The standard InChI is InChI=1S/C30H24N/c1-23-17-19-28(20-18-23)31-29(25-13-7-3-8-14-25)21-27(24-11-5-2-6-12-24)22-30(31)26-15-9-4-10-16-26/h2-22H,1H3/q+1. The first-order valence-corrected chi connectivity index (χ1v) is 10.6. The Morgan fingerprint density at radius 2 is 0.839 bits per heavy atom. The van der Waals surface area contributed by atoms with Gasteiger partial charge < -0.3 is 0 Å². The second-order valence-corrected chi connectivity index (χ2v) is 7.78. The summed E-state index contributed by atoms with van der Waals surface area (Å²) in [6.45, 7) is 2.13. The van der Waals surface area contributed by atoms with E-state index in [1.807, 2.05) is 0 Å². The highest BCUT2D eigenvalue weighted by Crippen LogP contribution is 2.30. The molecule has 4 aromatic carbocycles. The maximum atomic E-state index is 2.37. The summed E-state index contributed by atoms with van der Waals surface area (Å²) in [7, 11) is 0. The molecule has 5 aromatic rings. The third kappa shape index (κ3) is 3.91. The van der Waals surface area contributed by atoms with Gasteiger partial charge in [0, 0.05) is 35.4 Å². The normalized spacial score (nSPS) is 10.7. The fraction of sp³-hybridized carbons (Fsp3) is 0.0333. The summed E-state index contributed by atoms with van der Waals surface area (Å²) in [5.74, 6) is 0. The SMILES string of the molecule is Cc1ccc(-[n+]2c(-c3ccccc3)cc(-c3ccccc3)cc2-c2ccccc2)cc1. The van der Waals surface area contributed by atoms with Crippen LogP contribution in [0.5, 0.6) is 0 Å². The minimum absolute atomic E-state index is 1.16. The molecule has 148 valence electrons. The summed E-state index contributed by atoms with van der Waals surface area (Å²) in [6, 6.07) is 45.3. The molecule has 0 bridgehead atoms. The second-order valence-electron chi connectivity index (χ2n) is 7.78. The summed E-state index contributed by atoms with van der Waals surface area (Å²) in [4.78, 5) is 0. The number of hydrogen-bond acceptors (Lipinski definition) is 0. The molecule has 0 amide bonds. The summed E-state index contributed by atoms with van der Waals surface area (Å²) in [5.41, 5.74) is 9.57. The third-order valence-electron chi connectivity index (χ3n) is 5.60. The van der Waals surface area contributed by atoms with Crippen LogP contribution in [0, 0.1) is 6.92 Å². The molecule has 0 saturated carbocycles. The van der Waals surface area contributed by atoms with E-state index in [1.54, 1.807) is 0 Å². The van der Waals surface area contributed by atoms with Gasteiger partial charge in [0.2, 0.25) is 17.1 Å². The minimum atomic E-state index is 1.16. The Balaban J connectivity index is 1.87. The van der Waals surface area contributed by atoms with Crippen molar-refractivity contribution in [3.63, 3.8) is 0 Å². The predicted molar refractivity (Wildman–Crippen MR) is 129 cm³/mol. The maximum Gasteiger partial charge on any atom is 0.219 e. The lowest BCUT2D eigenvalue weighted by Crippen LogP contribution is -2.36. The van der Waals surface area contributed by atoms with Crippen molar-refractivity contribution in [2.45, 2.75) is 6.92 Å². The second kappa shape index (κ2) is 8.41. The van der Waals surface area contributed by atoms with Crippen molar-refractivity contribution in [2.75, 3.05) is 0 Å². The van der Waals surface area contributed by atoms with Crippen molar-refractivity contribution in [3.05, 3.63) is 133 Å². The average Bonchev–Trinajstić information content (AvgIpc) is 2.85. The number of aromatic nitrogens is 1. The molecule has 31 heavy (non-hydrogen) atoms. The number of pyridine rings is 1. The lowest BCUT2D eigenvalue weighted by molar-refractivity contribution is -0.572.